The van der Waals surface area contributed by atoms with E-state index in [0.29, 0.717) is 0 Å². The summed E-state index contributed by atoms with van der Waals surface area (Å²) in [6, 6.07) is 0. The molecule has 0 aromatic heterocycles. The van der Waals surface area contributed by atoms with Crippen molar-refractivity contribution in [2.24, 2.45) is 0 Å². The predicted octanol–water partition coefficient (Wildman–Crippen LogP) is 4.70. The molecule has 0 spiro atoms. The summed E-state index contributed by atoms with van der Waals surface area (Å²) in [5.74, 6) is -0.266. The summed E-state index contributed by atoms with van der Waals surface area (Å²) < 4.78 is 5.48. The first kappa shape index (κ1) is 27.1. The number of rotatable bonds is 11. The van der Waals surface area contributed by atoms with Crippen LogP contribution in [0.15, 0.2) is 59.3 Å². The van der Waals surface area contributed by atoms with Crippen LogP contribution in [0.4, 0.5) is 0 Å². The maximum atomic E-state index is 11.9. The molecule has 0 aromatic carbocycles. The Labute approximate surface area is 187 Å². The zero-order valence-electron chi connectivity index (χ0n) is 19.5. The first-order valence-electron chi connectivity index (χ1n) is 11.3. The standard InChI is InChI=1S/C26H40O5/c1-19(9-8-10-21(3)17-24(28)25(29)18-22(4)27)13-14-20(2)15-16-26(30)31-23-11-6-5-7-12-23/h8-10,14-17,22-25,27-29H,5-7,11-13,18H2,1-4H3. The number of aliphatic hydroxyl groups excluding tert-OH is 3. The second-order valence-corrected chi connectivity index (χ2v) is 8.61. The lowest BCUT2D eigenvalue weighted by atomic mass is 9.98. The van der Waals surface area contributed by atoms with Crippen molar-refractivity contribution in [2.45, 2.75) is 97.1 Å². The number of aliphatic hydroxyl groups is 3. The van der Waals surface area contributed by atoms with Gasteiger partial charge in [-0.3, -0.25) is 0 Å². The van der Waals surface area contributed by atoms with Gasteiger partial charge in [-0.1, -0.05) is 59.6 Å². The predicted molar refractivity (Wildman–Crippen MR) is 125 cm³/mol. The average molecular weight is 433 g/mol. The molecule has 174 valence electrons. The van der Waals surface area contributed by atoms with Crippen LogP contribution in [0.2, 0.25) is 0 Å². The monoisotopic (exact) mass is 432 g/mol. The molecule has 1 saturated carbocycles. The van der Waals surface area contributed by atoms with Crippen LogP contribution in [0.3, 0.4) is 0 Å². The number of esters is 1. The van der Waals surface area contributed by atoms with Crippen molar-refractivity contribution in [1.29, 1.82) is 0 Å². The molecule has 0 aromatic rings. The molecule has 1 aliphatic carbocycles. The van der Waals surface area contributed by atoms with Gasteiger partial charge in [0.1, 0.15) is 6.10 Å². The van der Waals surface area contributed by atoms with Gasteiger partial charge in [0.25, 0.3) is 0 Å². The number of carbonyl (C=O) groups excluding carboxylic acids is 1. The lowest BCUT2D eigenvalue weighted by molar-refractivity contribution is -0.144. The SMILES string of the molecule is CC(C=CC(=O)OC1CCCCC1)=CCC(C)=CC=CC(C)=CC(O)C(O)CC(C)O. The molecule has 31 heavy (non-hydrogen) atoms. The van der Waals surface area contributed by atoms with Crippen LogP contribution >= 0.6 is 0 Å². The van der Waals surface area contributed by atoms with E-state index in [0.717, 1.165) is 48.8 Å². The Morgan fingerprint density at radius 1 is 1.00 bits per heavy atom. The molecule has 0 heterocycles. The summed E-state index contributed by atoms with van der Waals surface area (Å²) in [7, 11) is 0. The molecule has 3 atom stereocenters. The third kappa shape index (κ3) is 13.1. The van der Waals surface area contributed by atoms with Crippen molar-refractivity contribution in [3.05, 3.63) is 59.3 Å². The quantitative estimate of drug-likeness (QED) is 0.250. The van der Waals surface area contributed by atoms with Crippen molar-refractivity contribution >= 4 is 5.97 Å². The zero-order valence-corrected chi connectivity index (χ0v) is 19.5. The molecular weight excluding hydrogens is 392 g/mol. The van der Waals surface area contributed by atoms with Crippen molar-refractivity contribution in [2.75, 3.05) is 0 Å². The Bertz CT molecular complexity index is 691. The summed E-state index contributed by atoms with van der Waals surface area (Å²) in [5.41, 5.74) is 2.98. The van der Waals surface area contributed by atoms with Crippen LogP contribution in [-0.2, 0) is 9.53 Å². The van der Waals surface area contributed by atoms with Crippen LogP contribution in [0.1, 0.15) is 72.6 Å². The maximum absolute atomic E-state index is 11.9. The zero-order chi connectivity index (χ0) is 23.2. The Morgan fingerprint density at radius 2 is 1.68 bits per heavy atom. The fourth-order valence-corrected chi connectivity index (χ4v) is 3.33. The second kappa shape index (κ2) is 15.0. The highest BCUT2D eigenvalue weighted by Gasteiger charge is 2.16. The summed E-state index contributed by atoms with van der Waals surface area (Å²) in [6.07, 6.45) is 16.5. The van der Waals surface area contributed by atoms with Gasteiger partial charge in [-0.05, 0) is 59.8 Å². The molecule has 3 unspecified atom stereocenters. The van der Waals surface area contributed by atoms with Gasteiger partial charge < -0.3 is 20.1 Å². The molecule has 5 nitrogen and oxygen atoms in total. The van der Waals surface area contributed by atoms with E-state index in [2.05, 4.69) is 6.08 Å². The average Bonchev–Trinajstić information content (AvgIpc) is 2.71. The number of carbonyl (C=O) groups is 1. The molecule has 0 amide bonds. The number of hydrogen-bond donors (Lipinski definition) is 3. The smallest absolute Gasteiger partial charge is 0.331 e. The van der Waals surface area contributed by atoms with E-state index in [1.807, 2.05) is 39.0 Å². The van der Waals surface area contributed by atoms with Gasteiger partial charge in [0.05, 0.1) is 18.3 Å². The Balaban J connectivity index is 2.46. The van der Waals surface area contributed by atoms with Gasteiger partial charge in [0.2, 0.25) is 0 Å². The van der Waals surface area contributed by atoms with Crippen LogP contribution in [0.5, 0.6) is 0 Å². The Morgan fingerprint density at radius 3 is 2.32 bits per heavy atom. The highest BCUT2D eigenvalue weighted by atomic mass is 16.5. The van der Waals surface area contributed by atoms with Gasteiger partial charge in [-0.25, -0.2) is 4.79 Å². The van der Waals surface area contributed by atoms with Crippen molar-refractivity contribution in [1.82, 2.24) is 0 Å². The van der Waals surface area contributed by atoms with Gasteiger partial charge in [0.15, 0.2) is 0 Å². The van der Waals surface area contributed by atoms with Crippen LogP contribution in [0.25, 0.3) is 0 Å². The summed E-state index contributed by atoms with van der Waals surface area (Å²) in [6.45, 7) is 7.41. The van der Waals surface area contributed by atoms with Gasteiger partial charge >= 0.3 is 5.97 Å². The minimum atomic E-state index is -1.01. The molecular formula is C26H40O5. The largest absolute Gasteiger partial charge is 0.459 e. The molecule has 1 rings (SSSR count). The van der Waals surface area contributed by atoms with Crippen molar-refractivity contribution in [3.8, 4) is 0 Å². The first-order chi connectivity index (χ1) is 14.7. The third-order valence-electron chi connectivity index (χ3n) is 5.21. The first-order valence-corrected chi connectivity index (χ1v) is 11.3. The van der Waals surface area contributed by atoms with Crippen LogP contribution in [-0.4, -0.2) is 45.7 Å². The van der Waals surface area contributed by atoms with Gasteiger partial charge in [-0.2, -0.15) is 0 Å². The normalized spacial score (nSPS) is 20.3. The molecule has 0 bridgehead atoms. The van der Waals surface area contributed by atoms with Crippen LogP contribution < -0.4 is 0 Å². The Hall–Kier alpha value is -1.95. The molecule has 0 aliphatic heterocycles. The van der Waals surface area contributed by atoms with E-state index in [-0.39, 0.29) is 18.5 Å². The van der Waals surface area contributed by atoms with Crippen molar-refractivity contribution < 1.29 is 24.9 Å². The molecule has 1 aliphatic rings. The summed E-state index contributed by atoms with van der Waals surface area (Å²) in [4.78, 5) is 11.9. The fourth-order valence-electron chi connectivity index (χ4n) is 3.33. The van der Waals surface area contributed by atoms with E-state index < -0.39 is 18.3 Å². The lowest BCUT2D eigenvalue weighted by Gasteiger charge is -2.20. The minimum Gasteiger partial charge on any atom is -0.459 e. The summed E-state index contributed by atoms with van der Waals surface area (Å²) in [5, 5.41) is 29.0. The molecule has 1 fully saturated rings. The topological polar surface area (TPSA) is 87.0 Å². The molecule has 5 heteroatoms. The second-order valence-electron chi connectivity index (χ2n) is 8.61. The van der Waals surface area contributed by atoms with E-state index in [4.69, 9.17) is 4.74 Å². The van der Waals surface area contributed by atoms with E-state index in [9.17, 15) is 20.1 Å². The van der Waals surface area contributed by atoms with Crippen LogP contribution in [0, 0.1) is 0 Å². The van der Waals surface area contributed by atoms with Gasteiger partial charge in [-0.15, -0.1) is 0 Å². The molecule has 0 radical (unpaired) electrons. The Kier molecular flexibility index (Phi) is 13.1. The highest BCUT2D eigenvalue weighted by molar-refractivity contribution is 5.82. The number of hydrogen-bond acceptors (Lipinski definition) is 5. The molecule has 0 saturated heterocycles. The fraction of sp³-hybridized carbons (Fsp3) is 0.577. The minimum absolute atomic E-state index is 0.0762. The van der Waals surface area contributed by atoms with E-state index >= 15 is 0 Å². The van der Waals surface area contributed by atoms with E-state index in [1.165, 1.54) is 12.5 Å². The lowest BCUT2D eigenvalue weighted by Crippen LogP contribution is -2.27. The molecule has 3 N–H and O–H groups in total. The summed E-state index contributed by atoms with van der Waals surface area (Å²) >= 11 is 0. The van der Waals surface area contributed by atoms with E-state index in [1.54, 1.807) is 19.1 Å². The number of allylic oxidation sites excluding steroid dienone is 8. The third-order valence-corrected chi connectivity index (χ3v) is 5.21. The van der Waals surface area contributed by atoms with Gasteiger partial charge in [0, 0.05) is 12.5 Å². The van der Waals surface area contributed by atoms with Crippen molar-refractivity contribution in [3.63, 3.8) is 0 Å². The number of ether oxygens (including phenoxy) is 1. The maximum Gasteiger partial charge on any atom is 0.331 e. The highest BCUT2D eigenvalue weighted by Crippen LogP contribution is 2.20.